The molecule has 0 saturated heterocycles. The van der Waals surface area contributed by atoms with Gasteiger partial charge < -0.3 is 10.2 Å². The molecule has 6 heteroatoms. The van der Waals surface area contributed by atoms with Crippen molar-refractivity contribution in [1.82, 2.24) is 9.97 Å². The van der Waals surface area contributed by atoms with E-state index < -0.39 is 0 Å². The van der Waals surface area contributed by atoms with Gasteiger partial charge in [-0.1, -0.05) is 6.07 Å². The lowest BCUT2D eigenvalue weighted by molar-refractivity contribution is 0.403. The zero-order chi connectivity index (χ0) is 13.0. The van der Waals surface area contributed by atoms with Gasteiger partial charge in [-0.2, -0.15) is 5.10 Å². The zero-order valence-corrected chi connectivity index (χ0v) is 9.72. The Morgan fingerprint density at radius 2 is 1.89 bits per heavy atom. The number of hydrogen-bond acceptors (Lipinski definition) is 6. The molecule has 1 heterocycles. The highest BCUT2D eigenvalue weighted by Crippen LogP contribution is 2.26. The van der Waals surface area contributed by atoms with Crippen LogP contribution in [-0.4, -0.2) is 33.4 Å². The van der Waals surface area contributed by atoms with Gasteiger partial charge in [0.2, 0.25) is 5.95 Å². The second-order valence-corrected chi connectivity index (χ2v) is 3.53. The molecule has 0 unspecified atom stereocenters. The molecule has 6 nitrogen and oxygen atoms in total. The third-order valence-corrected chi connectivity index (χ3v) is 2.26. The minimum atomic E-state index is -0.205. The highest BCUT2D eigenvalue weighted by molar-refractivity contribution is 5.85. The molecular formula is C12H12N4O2. The lowest BCUT2D eigenvalue weighted by Gasteiger charge is -2.09. The van der Waals surface area contributed by atoms with E-state index in [1.54, 1.807) is 37.6 Å². The van der Waals surface area contributed by atoms with Crippen LogP contribution in [0.25, 0.3) is 0 Å². The number of aromatic nitrogens is 2. The normalized spacial score (nSPS) is 10.7. The van der Waals surface area contributed by atoms with Crippen molar-refractivity contribution in [2.75, 3.05) is 12.1 Å². The zero-order valence-electron chi connectivity index (χ0n) is 9.72. The van der Waals surface area contributed by atoms with Crippen molar-refractivity contribution in [2.24, 2.45) is 5.10 Å². The summed E-state index contributed by atoms with van der Waals surface area (Å²) < 4.78 is 0. The highest BCUT2D eigenvalue weighted by atomic mass is 16.3. The summed E-state index contributed by atoms with van der Waals surface area (Å²) in [5, 5.41) is 24.5. The maximum absolute atomic E-state index is 9.59. The summed E-state index contributed by atoms with van der Waals surface area (Å²) in [5.74, 6) is 0.0505. The molecule has 0 amide bonds. The summed E-state index contributed by atoms with van der Waals surface area (Å²) in [6.07, 6.45) is 4.64. The summed E-state index contributed by atoms with van der Waals surface area (Å²) in [5.41, 5.74) is 0.415. The van der Waals surface area contributed by atoms with E-state index in [1.165, 1.54) is 17.3 Å². The van der Waals surface area contributed by atoms with Crippen LogP contribution in [0.4, 0.5) is 5.95 Å². The van der Waals surface area contributed by atoms with Crippen molar-refractivity contribution in [3.63, 3.8) is 0 Å². The third kappa shape index (κ3) is 2.54. The van der Waals surface area contributed by atoms with Gasteiger partial charge in [0.1, 0.15) is 0 Å². The van der Waals surface area contributed by atoms with Gasteiger partial charge in [-0.15, -0.1) is 0 Å². The molecule has 2 rings (SSSR count). The Bertz CT molecular complexity index is 557. The summed E-state index contributed by atoms with van der Waals surface area (Å²) in [4.78, 5) is 8.04. The lowest BCUT2D eigenvalue weighted by Crippen LogP contribution is -2.12. The second-order valence-electron chi connectivity index (χ2n) is 3.53. The summed E-state index contributed by atoms with van der Waals surface area (Å²) >= 11 is 0. The fraction of sp³-hybridized carbons (Fsp3) is 0.0833. The number of phenols is 2. The van der Waals surface area contributed by atoms with Gasteiger partial charge in [0.05, 0.1) is 6.21 Å². The van der Waals surface area contributed by atoms with E-state index in [1.807, 2.05) is 0 Å². The molecule has 2 N–H and O–H groups in total. The van der Waals surface area contributed by atoms with Crippen LogP contribution in [0.2, 0.25) is 0 Å². The molecule has 0 atom stereocenters. The van der Waals surface area contributed by atoms with Crippen LogP contribution < -0.4 is 5.01 Å². The number of hydrogen-bond donors (Lipinski definition) is 2. The van der Waals surface area contributed by atoms with Crippen LogP contribution in [0.3, 0.4) is 0 Å². The molecule has 0 radical (unpaired) electrons. The summed E-state index contributed by atoms with van der Waals surface area (Å²) in [6.45, 7) is 0. The Labute approximate surface area is 104 Å². The largest absolute Gasteiger partial charge is 0.504 e. The minimum absolute atomic E-state index is 0.183. The number of para-hydroxylation sites is 1. The number of rotatable bonds is 3. The molecule has 1 aromatic carbocycles. The number of hydrazone groups is 1. The van der Waals surface area contributed by atoms with Crippen molar-refractivity contribution < 1.29 is 10.2 Å². The lowest BCUT2D eigenvalue weighted by atomic mass is 10.2. The third-order valence-electron chi connectivity index (χ3n) is 2.26. The van der Waals surface area contributed by atoms with Gasteiger partial charge in [0, 0.05) is 25.0 Å². The van der Waals surface area contributed by atoms with Crippen LogP contribution in [0.5, 0.6) is 11.5 Å². The number of nitrogens with zero attached hydrogens (tertiary/aromatic N) is 4. The van der Waals surface area contributed by atoms with Crippen molar-refractivity contribution in [2.45, 2.75) is 0 Å². The van der Waals surface area contributed by atoms with Crippen LogP contribution in [0.1, 0.15) is 5.56 Å². The fourth-order valence-electron chi connectivity index (χ4n) is 1.31. The van der Waals surface area contributed by atoms with E-state index in [2.05, 4.69) is 15.1 Å². The fourth-order valence-corrected chi connectivity index (χ4v) is 1.31. The molecule has 0 spiro atoms. The number of anilines is 1. The SMILES string of the molecule is CN(N=Cc1cccc(O)c1O)c1ncccn1. The molecule has 0 fully saturated rings. The first-order chi connectivity index (χ1) is 8.68. The first kappa shape index (κ1) is 11.8. The second kappa shape index (κ2) is 5.13. The van der Waals surface area contributed by atoms with Crippen LogP contribution >= 0.6 is 0 Å². The van der Waals surface area contributed by atoms with E-state index in [0.29, 0.717) is 11.5 Å². The monoisotopic (exact) mass is 244 g/mol. The van der Waals surface area contributed by atoms with Crippen molar-refractivity contribution in [3.05, 3.63) is 42.2 Å². The van der Waals surface area contributed by atoms with Gasteiger partial charge in [-0.3, -0.25) is 0 Å². The van der Waals surface area contributed by atoms with Crippen molar-refractivity contribution in [3.8, 4) is 11.5 Å². The number of aromatic hydroxyl groups is 2. The topological polar surface area (TPSA) is 81.8 Å². The minimum Gasteiger partial charge on any atom is -0.504 e. The van der Waals surface area contributed by atoms with E-state index in [4.69, 9.17) is 0 Å². The highest BCUT2D eigenvalue weighted by Gasteiger charge is 2.04. The van der Waals surface area contributed by atoms with E-state index in [9.17, 15) is 10.2 Å². The molecule has 2 aromatic rings. The Kier molecular flexibility index (Phi) is 3.38. The Balaban J connectivity index is 2.19. The average molecular weight is 244 g/mol. The predicted molar refractivity (Wildman–Crippen MR) is 67.8 cm³/mol. The van der Waals surface area contributed by atoms with Gasteiger partial charge in [-0.25, -0.2) is 15.0 Å². The van der Waals surface area contributed by atoms with Gasteiger partial charge in [-0.05, 0) is 18.2 Å². The van der Waals surface area contributed by atoms with Crippen LogP contribution in [-0.2, 0) is 0 Å². The van der Waals surface area contributed by atoms with E-state index >= 15 is 0 Å². The van der Waals surface area contributed by atoms with E-state index in [-0.39, 0.29) is 11.5 Å². The quantitative estimate of drug-likeness (QED) is 0.484. The maximum Gasteiger partial charge on any atom is 0.245 e. The first-order valence-corrected chi connectivity index (χ1v) is 5.24. The van der Waals surface area contributed by atoms with Crippen LogP contribution in [0, 0.1) is 0 Å². The Morgan fingerprint density at radius 3 is 2.61 bits per heavy atom. The van der Waals surface area contributed by atoms with Crippen molar-refractivity contribution >= 4 is 12.2 Å². The molecule has 0 aliphatic rings. The number of benzene rings is 1. The molecule has 1 aromatic heterocycles. The van der Waals surface area contributed by atoms with Gasteiger partial charge >= 0.3 is 0 Å². The van der Waals surface area contributed by atoms with E-state index in [0.717, 1.165) is 0 Å². The predicted octanol–water partition coefficient (Wildman–Crippen LogP) is 1.36. The molecule has 0 bridgehead atoms. The average Bonchev–Trinajstić information content (AvgIpc) is 2.41. The Hall–Kier alpha value is -2.63. The Morgan fingerprint density at radius 1 is 1.17 bits per heavy atom. The van der Waals surface area contributed by atoms with Gasteiger partial charge in [0.25, 0.3) is 0 Å². The first-order valence-electron chi connectivity index (χ1n) is 5.24. The summed E-state index contributed by atoms with van der Waals surface area (Å²) in [6, 6.07) is 6.37. The molecule has 18 heavy (non-hydrogen) atoms. The van der Waals surface area contributed by atoms with Crippen molar-refractivity contribution in [1.29, 1.82) is 0 Å². The molecule has 92 valence electrons. The summed E-state index contributed by atoms with van der Waals surface area (Å²) in [7, 11) is 1.69. The maximum atomic E-state index is 9.59. The molecular weight excluding hydrogens is 232 g/mol. The molecule has 0 aliphatic carbocycles. The standard InChI is InChI=1S/C12H12N4O2/c1-16(12-13-6-3-7-14-12)15-8-9-4-2-5-10(17)11(9)18/h2-8,17-18H,1H3. The smallest absolute Gasteiger partial charge is 0.245 e. The molecule has 0 aliphatic heterocycles. The van der Waals surface area contributed by atoms with Gasteiger partial charge in [0.15, 0.2) is 11.5 Å². The molecule has 0 saturated carbocycles. The number of phenolic OH excluding ortho intramolecular Hbond substituents is 2. The van der Waals surface area contributed by atoms with Crippen LogP contribution in [0.15, 0.2) is 41.8 Å².